The summed E-state index contributed by atoms with van der Waals surface area (Å²) < 4.78 is 10.1. The summed E-state index contributed by atoms with van der Waals surface area (Å²) in [5, 5.41) is 5.42. The minimum Gasteiger partial charge on any atom is -0.467 e. The van der Waals surface area contributed by atoms with Gasteiger partial charge in [0, 0.05) is 8.07 Å². The number of ether oxygens (including phenoxy) is 2. The molecular weight excluding hydrogens is 364 g/mol. The lowest BCUT2D eigenvalue weighted by molar-refractivity contribution is -0.146. The number of esters is 1. The summed E-state index contributed by atoms with van der Waals surface area (Å²) in [5.74, 6) is -0.898. The zero-order chi connectivity index (χ0) is 21.6. The van der Waals surface area contributed by atoms with Crippen molar-refractivity contribution in [2.45, 2.75) is 91.3 Å². The van der Waals surface area contributed by atoms with Crippen LogP contribution < -0.4 is 10.6 Å². The van der Waals surface area contributed by atoms with Crippen molar-refractivity contribution in [3.05, 3.63) is 0 Å². The fourth-order valence-electron chi connectivity index (χ4n) is 2.49. The van der Waals surface area contributed by atoms with Crippen LogP contribution in [0.5, 0.6) is 0 Å². The number of nitrogens with one attached hydrogen (secondary N) is 2. The summed E-state index contributed by atoms with van der Waals surface area (Å²) in [6.45, 7) is 17.5. The van der Waals surface area contributed by atoms with Crippen molar-refractivity contribution in [3.63, 3.8) is 0 Å². The maximum absolute atomic E-state index is 12.9. The Morgan fingerprint density at radius 1 is 0.926 bits per heavy atom. The third-order valence-corrected chi connectivity index (χ3v) is 5.08. The lowest BCUT2D eigenvalue weighted by Gasteiger charge is -2.29. The van der Waals surface area contributed by atoms with Crippen molar-refractivity contribution < 1.29 is 23.9 Å². The van der Waals surface area contributed by atoms with E-state index in [-0.39, 0.29) is 5.41 Å². The van der Waals surface area contributed by atoms with E-state index in [9.17, 15) is 14.4 Å². The van der Waals surface area contributed by atoms with Crippen LogP contribution in [0.25, 0.3) is 0 Å². The normalized spacial score (nSPS) is 14.7. The third-order valence-electron chi connectivity index (χ3n) is 3.44. The molecule has 158 valence electrons. The molecule has 0 saturated carbocycles. The molecule has 2 amide bonds. The predicted octanol–water partition coefficient (Wildman–Crippen LogP) is 3.31. The lowest BCUT2D eigenvalue weighted by atomic mass is 9.88. The van der Waals surface area contributed by atoms with Gasteiger partial charge in [0.2, 0.25) is 5.91 Å². The van der Waals surface area contributed by atoms with Crippen LogP contribution >= 0.6 is 0 Å². The van der Waals surface area contributed by atoms with Crippen molar-refractivity contribution in [2.24, 2.45) is 5.41 Å². The standard InChI is InChI=1S/C19H38N2O5Si/c1-18(2,3)11-13(16(23)25-7)20-15(22)14(12-27(8,9)10)21-17(24)26-19(4,5)6/h13-14H,11-12H2,1-10H3,(H,20,22)(H,21,24)/t13-,14+/m0/s1. The van der Waals surface area contributed by atoms with E-state index in [1.54, 1.807) is 20.8 Å². The highest BCUT2D eigenvalue weighted by molar-refractivity contribution is 6.76. The van der Waals surface area contributed by atoms with E-state index in [0.29, 0.717) is 12.5 Å². The average molecular weight is 403 g/mol. The second-order valence-corrected chi connectivity index (χ2v) is 15.8. The van der Waals surface area contributed by atoms with Crippen LogP contribution in [-0.2, 0) is 19.1 Å². The van der Waals surface area contributed by atoms with E-state index in [1.807, 2.05) is 20.8 Å². The molecule has 0 aromatic carbocycles. The van der Waals surface area contributed by atoms with E-state index in [0.717, 1.165) is 0 Å². The Balaban J connectivity index is 5.35. The zero-order valence-electron chi connectivity index (χ0n) is 18.6. The molecule has 0 aromatic heterocycles. The molecule has 0 heterocycles. The van der Waals surface area contributed by atoms with Crippen LogP contribution in [0.4, 0.5) is 4.79 Å². The minimum absolute atomic E-state index is 0.182. The molecule has 27 heavy (non-hydrogen) atoms. The van der Waals surface area contributed by atoms with E-state index in [4.69, 9.17) is 9.47 Å². The van der Waals surface area contributed by atoms with E-state index in [2.05, 4.69) is 30.3 Å². The molecule has 2 atom stereocenters. The highest BCUT2D eigenvalue weighted by Gasteiger charge is 2.33. The summed E-state index contributed by atoms with van der Waals surface area (Å²) in [4.78, 5) is 37.1. The Morgan fingerprint density at radius 2 is 1.44 bits per heavy atom. The number of hydrogen-bond donors (Lipinski definition) is 2. The average Bonchev–Trinajstić information content (AvgIpc) is 2.39. The first-order valence-corrected chi connectivity index (χ1v) is 13.0. The first-order chi connectivity index (χ1) is 11.9. The highest BCUT2D eigenvalue weighted by atomic mass is 28.3. The van der Waals surface area contributed by atoms with Gasteiger partial charge in [0.25, 0.3) is 0 Å². The molecule has 0 fully saturated rings. The topological polar surface area (TPSA) is 93.7 Å². The summed E-state index contributed by atoms with van der Waals surface area (Å²) in [6, 6.07) is -1.01. The number of carbonyl (C=O) groups excluding carboxylic acids is 3. The molecule has 0 rings (SSSR count). The van der Waals surface area contributed by atoms with Crippen LogP contribution in [0.2, 0.25) is 25.7 Å². The zero-order valence-corrected chi connectivity index (χ0v) is 19.6. The fraction of sp³-hybridized carbons (Fsp3) is 0.842. The Morgan fingerprint density at radius 3 is 1.81 bits per heavy atom. The van der Waals surface area contributed by atoms with Gasteiger partial charge in [0.05, 0.1) is 7.11 Å². The smallest absolute Gasteiger partial charge is 0.408 e. The Kier molecular flexibility index (Phi) is 9.01. The molecule has 0 bridgehead atoms. The van der Waals surface area contributed by atoms with Crippen LogP contribution in [0.15, 0.2) is 0 Å². The first-order valence-electron chi connectivity index (χ1n) is 9.31. The van der Waals surface area contributed by atoms with E-state index in [1.165, 1.54) is 7.11 Å². The molecule has 7 nitrogen and oxygen atoms in total. The van der Waals surface area contributed by atoms with Crippen molar-refractivity contribution in [3.8, 4) is 0 Å². The van der Waals surface area contributed by atoms with Gasteiger partial charge in [-0.2, -0.15) is 0 Å². The number of amides is 2. The van der Waals surface area contributed by atoms with Gasteiger partial charge in [-0.25, -0.2) is 9.59 Å². The predicted molar refractivity (Wildman–Crippen MR) is 109 cm³/mol. The van der Waals surface area contributed by atoms with Gasteiger partial charge in [-0.05, 0) is 38.7 Å². The first kappa shape index (κ1) is 25.4. The van der Waals surface area contributed by atoms with Crippen molar-refractivity contribution in [1.29, 1.82) is 0 Å². The monoisotopic (exact) mass is 402 g/mol. The van der Waals surface area contributed by atoms with Gasteiger partial charge < -0.3 is 20.1 Å². The molecule has 0 aromatic rings. The maximum Gasteiger partial charge on any atom is 0.408 e. The van der Waals surface area contributed by atoms with Gasteiger partial charge in [-0.15, -0.1) is 0 Å². The summed E-state index contributed by atoms with van der Waals surface area (Å²) in [7, 11) is -0.395. The maximum atomic E-state index is 12.9. The summed E-state index contributed by atoms with van der Waals surface area (Å²) in [5.41, 5.74) is -0.843. The minimum atomic E-state index is -1.69. The van der Waals surface area contributed by atoms with Crippen LogP contribution in [0.1, 0.15) is 48.0 Å². The SMILES string of the molecule is COC(=O)[C@H](CC(C)(C)C)NC(=O)[C@@H](C[Si](C)(C)C)NC(=O)OC(C)(C)C. The highest BCUT2D eigenvalue weighted by Crippen LogP contribution is 2.22. The third kappa shape index (κ3) is 12.4. The van der Waals surface area contributed by atoms with Crippen LogP contribution in [0, 0.1) is 5.41 Å². The molecule has 0 saturated heterocycles. The molecule has 8 heteroatoms. The van der Waals surface area contributed by atoms with Gasteiger partial charge in [-0.1, -0.05) is 40.4 Å². The lowest BCUT2D eigenvalue weighted by Crippen LogP contribution is -2.54. The molecule has 0 radical (unpaired) electrons. The van der Waals surface area contributed by atoms with Crippen molar-refractivity contribution in [2.75, 3.05) is 7.11 Å². The molecular formula is C19H38N2O5Si. The van der Waals surface area contributed by atoms with Crippen LogP contribution in [-0.4, -0.2) is 50.8 Å². The van der Waals surface area contributed by atoms with Crippen LogP contribution in [0.3, 0.4) is 0 Å². The Bertz CT molecular complexity index is 530. The van der Waals surface area contributed by atoms with E-state index < -0.39 is 43.7 Å². The van der Waals surface area contributed by atoms with Crippen molar-refractivity contribution >= 4 is 26.0 Å². The molecule has 0 aliphatic carbocycles. The number of hydrogen-bond acceptors (Lipinski definition) is 5. The van der Waals surface area contributed by atoms with E-state index >= 15 is 0 Å². The molecule has 0 aliphatic rings. The van der Waals surface area contributed by atoms with Gasteiger partial charge in [0.1, 0.15) is 17.7 Å². The largest absolute Gasteiger partial charge is 0.467 e. The quantitative estimate of drug-likeness (QED) is 0.503. The molecule has 0 spiro atoms. The molecule has 2 N–H and O–H groups in total. The summed E-state index contributed by atoms with van der Waals surface area (Å²) in [6.07, 6.45) is -0.219. The fourth-order valence-corrected chi connectivity index (χ4v) is 4.00. The second kappa shape index (κ2) is 9.57. The number of alkyl carbamates (subject to hydrolysis) is 1. The van der Waals surface area contributed by atoms with Gasteiger partial charge in [0.15, 0.2) is 0 Å². The van der Waals surface area contributed by atoms with Gasteiger partial charge >= 0.3 is 12.1 Å². The summed E-state index contributed by atoms with van der Waals surface area (Å²) >= 11 is 0. The second-order valence-electron chi connectivity index (χ2n) is 10.3. The van der Waals surface area contributed by atoms with Gasteiger partial charge in [-0.3, -0.25) is 4.79 Å². The number of methoxy groups -OCH3 is 1. The molecule has 0 unspecified atom stereocenters. The van der Waals surface area contributed by atoms with Crippen molar-refractivity contribution in [1.82, 2.24) is 10.6 Å². The Hall–Kier alpha value is -1.57. The molecule has 0 aliphatic heterocycles. The number of rotatable bonds is 7. The Labute approximate surface area is 165 Å². The number of carbonyl (C=O) groups is 3.